The maximum atomic E-state index is 11.7. The van der Waals surface area contributed by atoms with Gasteiger partial charge in [0.1, 0.15) is 6.04 Å². The van der Waals surface area contributed by atoms with Gasteiger partial charge in [-0.15, -0.1) is 0 Å². The summed E-state index contributed by atoms with van der Waals surface area (Å²) in [6.45, 7) is 3.70. The molecule has 2 rings (SSSR count). The van der Waals surface area contributed by atoms with Gasteiger partial charge in [-0.1, -0.05) is 28.1 Å². The minimum Gasteiger partial charge on any atom is -0.368 e. The predicted octanol–water partition coefficient (Wildman–Crippen LogP) is 1.22. The quantitative estimate of drug-likeness (QED) is 0.913. The van der Waals surface area contributed by atoms with Crippen LogP contribution in [0.2, 0.25) is 0 Å². The van der Waals surface area contributed by atoms with Crippen LogP contribution in [0.4, 0.5) is 0 Å². The first-order valence-electron chi connectivity index (χ1n) is 6.05. The lowest BCUT2D eigenvalue weighted by atomic mass is 10.0. The summed E-state index contributed by atoms with van der Waals surface area (Å²) in [4.78, 5) is 16.1. The lowest BCUT2D eigenvalue weighted by Crippen LogP contribution is -2.49. The maximum absolute atomic E-state index is 11.7. The fraction of sp³-hybridized carbons (Fsp3) is 0.462. The lowest BCUT2D eigenvalue weighted by molar-refractivity contribution is -0.124. The minimum atomic E-state index is -0.313. The summed E-state index contributed by atoms with van der Waals surface area (Å²) in [6.07, 6.45) is 0. The van der Waals surface area contributed by atoms with Gasteiger partial charge in [0, 0.05) is 30.7 Å². The second kappa shape index (κ2) is 5.82. The summed E-state index contributed by atoms with van der Waals surface area (Å²) >= 11 is 3.40. The molecular weight excluding hydrogens is 294 g/mol. The van der Waals surface area contributed by atoms with Crippen molar-refractivity contribution in [3.63, 3.8) is 0 Å². The summed E-state index contributed by atoms with van der Waals surface area (Å²) in [7, 11) is 2.09. The van der Waals surface area contributed by atoms with Gasteiger partial charge in [0.15, 0.2) is 0 Å². The first-order valence-corrected chi connectivity index (χ1v) is 6.84. The molecule has 1 aliphatic heterocycles. The van der Waals surface area contributed by atoms with E-state index in [4.69, 9.17) is 5.73 Å². The van der Waals surface area contributed by atoms with E-state index in [1.807, 2.05) is 24.3 Å². The number of piperazine rings is 1. The number of likely N-dealkylation sites (N-methyl/N-ethyl adjacent to an activating group) is 1. The zero-order valence-electron chi connectivity index (χ0n) is 10.5. The third kappa shape index (κ3) is 3.10. The van der Waals surface area contributed by atoms with Gasteiger partial charge in [-0.2, -0.15) is 0 Å². The van der Waals surface area contributed by atoms with Crippen LogP contribution in [0.3, 0.4) is 0 Å². The molecule has 1 unspecified atom stereocenters. The van der Waals surface area contributed by atoms with Gasteiger partial charge in [0.25, 0.3) is 0 Å². The van der Waals surface area contributed by atoms with Crippen molar-refractivity contribution in [2.45, 2.75) is 6.04 Å². The molecule has 4 nitrogen and oxygen atoms in total. The van der Waals surface area contributed by atoms with Crippen molar-refractivity contribution >= 4 is 21.8 Å². The molecule has 18 heavy (non-hydrogen) atoms. The molecule has 1 aliphatic rings. The largest absolute Gasteiger partial charge is 0.368 e. The number of nitrogens with two attached hydrogens (primary N) is 1. The number of primary amides is 1. The van der Waals surface area contributed by atoms with E-state index in [1.165, 1.54) is 0 Å². The van der Waals surface area contributed by atoms with E-state index in [0.717, 1.165) is 36.2 Å². The van der Waals surface area contributed by atoms with E-state index >= 15 is 0 Å². The second-order valence-electron chi connectivity index (χ2n) is 4.70. The molecule has 1 saturated heterocycles. The van der Waals surface area contributed by atoms with Crippen LogP contribution in [0.25, 0.3) is 0 Å². The Morgan fingerprint density at radius 1 is 1.22 bits per heavy atom. The number of halogens is 1. The molecule has 0 spiro atoms. The Morgan fingerprint density at radius 2 is 1.78 bits per heavy atom. The van der Waals surface area contributed by atoms with Gasteiger partial charge < -0.3 is 10.6 Å². The van der Waals surface area contributed by atoms with Crippen LogP contribution in [0.1, 0.15) is 11.6 Å². The van der Waals surface area contributed by atoms with Crippen molar-refractivity contribution in [1.29, 1.82) is 0 Å². The Morgan fingerprint density at radius 3 is 2.28 bits per heavy atom. The van der Waals surface area contributed by atoms with Crippen LogP contribution in [-0.4, -0.2) is 48.9 Å². The standard InChI is InChI=1S/C13H18BrN3O/c1-16-6-8-17(9-7-16)12(13(15)18)10-2-4-11(14)5-3-10/h2-5,12H,6-9H2,1H3,(H2,15,18). The molecule has 1 fully saturated rings. The third-order valence-corrected chi connectivity index (χ3v) is 3.89. The van der Waals surface area contributed by atoms with Crippen molar-refractivity contribution < 1.29 is 4.79 Å². The first-order chi connectivity index (χ1) is 8.58. The molecule has 98 valence electrons. The average Bonchev–Trinajstić information content (AvgIpc) is 2.34. The Hall–Kier alpha value is -0.910. The zero-order valence-corrected chi connectivity index (χ0v) is 12.1. The van der Waals surface area contributed by atoms with Gasteiger partial charge in [-0.25, -0.2) is 0 Å². The number of carbonyl (C=O) groups is 1. The summed E-state index contributed by atoms with van der Waals surface area (Å²) in [5.74, 6) is -0.276. The van der Waals surface area contributed by atoms with Gasteiger partial charge >= 0.3 is 0 Å². The normalized spacial score (nSPS) is 19.7. The number of carbonyl (C=O) groups excluding carboxylic acids is 1. The van der Waals surface area contributed by atoms with Crippen molar-refractivity contribution in [2.24, 2.45) is 5.73 Å². The topological polar surface area (TPSA) is 49.6 Å². The van der Waals surface area contributed by atoms with Crippen LogP contribution >= 0.6 is 15.9 Å². The average molecular weight is 312 g/mol. The molecular formula is C13H18BrN3O. The van der Waals surface area contributed by atoms with Crippen LogP contribution in [-0.2, 0) is 4.79 Å². The summed E-state index contributed by atoms with van der Waals surface area (Å²) in [5, 5.41) is 0. The SMILES string of the molecule is CN1CCN(C(C(N)=O)c2ccc(Br)cc2)CC1. The lowest BCUT2D eigenvalue weighted by Gasteiger charge is -2.36. The highest BCUT2D eigenvalue weighted by atomic mass is 79.9. The predicted molar refractivity (Wildman–Crippen MR) is 75.1 cm³/mol. The number of nitrogens with zero attached hydrogens (tertiary/aromatic N) is 2. The summed E-state index contributed by atoms with van der Waals surface area (Å²) in [5.41, 5.74) is 6.53. The maximum Gasteiger partial charge on any atom is 0.239 e. The molecule has 0 radical (unpaired) electrons. The Balaban J connectivity index is 2.18. The zero-order chi connectivity index (χ0) is 13.1. The number of amides is 1. The minimum absolute atomic E-state index is 0.276. The monoisotopic (exact) mass is 311 g/mol. The molecule has 1 amide bonds. The van der Waals surface area contributed by atoms with Crippen LogP contribution < -0.4 is 5.73 Å². The molecule has 1 aromatic carbocycles. The molecule has 1 atom stereocenters. The summed E-state index contributed by atoms with van der Waals surface area (Å²) in [6, 6.07) is 7.49. The van der Waals surface area contributed by atoms with E-state index < -0.39 is 0 Å². The second-order valence-corrected chi connectivity index (χ2v) is 5.61. The van der Waals surface area contributed by atoms with Crippen LogP contribution in [0.15, 0.2) is 28.7 Å². The van der Waals surface area contributed by atoms with E-state index in [2.05, 4.69) is 32.8 Å². The molecule has 1 heterocycles. The Kier molecular flexibility index (Phi) is 4.37. The van der Waals surface area contributed by atoms with Gasteiger partial charge in [-0.05, 0) is 24.7 Å². The number of benzene rings is 1. The molecule has 2 N–H and O–H groups in total. The van der Waals surface area contributed by atoms with Crippen LogP contribution in [0, 0.1) is 0 Å². The molecule has 0 bridgehead atoms. The highest BCUT2D eigenvalue weighted by molar-refractivity contribution is 9.10. The third-order valence-electron chi connectivity index (χ3n) is 3.36. The Bertz CT molecular complexity index is 413. The van der Waals surface area contributed by atoms with E-state index in [9.17, 15) is 4.79 Å². The van der Waals surface area contributed by atoms with Crippen LogP contribution in [0.5, 0.6) is 0 Å². The van der Waals surface area contributed by atoms with E-state index in [1.54, 1.807) is 0 Å². The van der Waals surface area contributed by atoms with E-state index in [-0.39, 0.29) is 11.9 Å². The highest BCUT2D eigenvalue weighted by Gasteiger charge is 2.27. The first kappa shape index (κ1) is 13.5. The molecule has 0 aliphatic carbocycles. The van der Waals surface area contributed by atoms with Gasteiger partial charge in [0.2, 0.25) is 5.91 Å². The molecule has 1 aromatic rings. The number of rotatable bonds is 3. The summed E-state index contributed by atoms with van der Waals surface area (Å²) < 4.78 is 1.01. The molecule has 5 heteroatoms. The number of hydrogen-bond acceptors (Lipinski definition) is 3. The van der Waals surface area contributed by atoms with Crippen molar-refractivity contribution in [3.8, 4) is 0 Å². The van der Waals surface area contributed by atoms with Gasteiger partial charge in [0.05, 0.1) is 0 Å². The van der Waals surface area contributed by atoms with Crippen molar-refractivity contribution in [3.05, 3.63) is 34.3 Å². The van der Waals surface area contributed by atoms with Gasteiger partial charge in [-0.3, -0.25) is 9.69 Å². The van der Waals surface area contributed by atoms with Crippen molar-refractivity contribution in [1.82, 2.24) is 9.80 Å². The molecule has 0 aromatic heterocycles. The Labute approximate surface area is 116 Å². The smallest absolute Gasteiger partial charge is 0.239 e. The highest BCUT2D eigenvalue weighted by Crippen LogP contribution is 2.23. The molecule has 0 saturated carbocycles. The van der Waals surface area contributed by atoms with E-state index in [0.29, 0.717) is 0 Å². The number of hydrogen-bond donors (Lipinski definition) is 1. The fourth-order valence-corrected chi connectivity index (χ4v) is 2.54. The fourth-order valence-electron chi connectivity index (χ4n) is 2.28. The van der Waals surface area contributed by atoms with Crippen molar-refractivity contribution in [2.75, 3.05) is 33.2 Å².